The summed E-state index contributed by atoms with van der Waals surface area (Å²) in [6.07, 6.45) is 7.80. The van der Waals surface area contributed by atoms with Gasteiger partial charge >= 0.3 is 17.8 Å². The highest BCUT2D eigenvalue weighted by molar-refractivity contribution is 6.46. The van der Waals surface area contributed by atoms with E-state index in [2.05, 4.69) is 10.3 Å². The first kappa shape index (κ1) is 33.5. The average Bonchev–Trinajstić information content (AvgIpc) is 3.07. The third kappa shape index (κ3) is 9.09. The number of carbonyl (C=O) groups is 4. The maximum absolute atomic E-state index is 13.4. The van der Waals surface area contributed by atoms with E-state index in [0.29, 0.717) is 50.8 Å². The van der Waals surface area contributed by atoms with Gasteiger partial charge < -0.3 is 14.2 Å². The molecule has 0 aliphatic carbocycles. The monoisotopic (exact) mass is 622 g/mol. The molecule has 0 unspecified atom stereocenters. The van der Waals surface area contributed by atoms with E-state index in [-0.39, 0.29) is 34.6 Å². The molecule has 1 aromatic heterocycles. The molecular weight excluding hydrogens is 580 g/mol. The van der Waals surface area contributed by atoms with Crippen molar-refractivity contribution in [2.45, 2.75) is 90.9 Å². The van der Waals surface area contributed by atoms with Gasteiger partial charge in [0.15, 0.2) is 0 Å². The van der Waals surface area contributed by atoms with Crippen LogP contribution in [0.5, 0.6) is 0 Å². The largest absolute Gasteiger partial charge is 0.435 e. The Morgan fingerprint density at radius 2 is 1.24 bits per heavy atom. The summed E-state index contributed by atoms with van der Waals surface area (Å²) in [6, 6.07) is 5.91. The lowest BCUT2D eigenvalue weighted by atomic mass is 10.00. The number of piperidine rings is 2. The number of likely N-dealkylation sites (tertiary alicyclic amines) is 2. The number of benzene rings is 1. The Labute approximate surface area is 262 Å². The molecule has 2 aliphatic heterocycles. The molecule has 12 heteroatoms. The predicted octanol–water partition coefficient (Wildman–Crippen LogP) is 6.50. The van der Waals surface area contributed by atoms with Gasteiger partial charge in [0.25, 0.3) is 0 Å². The zero-order valence-electron chi connectivity index (χ0n) is 26.2. The maximum atomic E-state index is 13.4. The summed E-state index contributed by atoms with van der Waals surface area (Å²) in [5.74, 6) is -1.14. The molecule has 45 heavy (non-hydrogen) atoms. The van der Waals surface area contributed by atoms with E-state index in [9.17, 15) is 24.0 Å². The van der Waals surface area contributed by atoms with Gasteiger partial charge in [-0.2, -0.15) is 0 Å². The van der Waals surface area contributed by atoms with E-state index in [1.165, 1.54) is 12.1 Å². The quantitative estimate of drug-likeness (QED) is 0.0857. The van der Waals surface area contributed by atoms with Crippen LogP contribution in [0.4, 0.5) is 9.59 Å². The van der Waals surface area contributed by atoms with E-state index < -0.39 is 29.4 Å². The minimum atomic E-state index is -0.904. The Morgan fingerprint density at radius 3 is 1.76 bits per heavy atom. The molecule has 2 amide bonds. The lowest BCUT2D eigenvalue weighted by molar-refractivity contribution is 0.0943. The van der Waals surface area contributed by atoms with Crippen LogP contribution < -0.4 is 5.63 Å². The van der Waals surface area contributed by atoms with Crippen molar-refractivity contribution in [3.8, 4) is 0 Å². The van der Waals surface area contributed by atoms with Crippen molar-refractivity contribution in [1.29, 1.82) is 0 Å². The third-order valence-corrected chi connectivity index (χ3v) is 8.00. The number of fused-ring (bicyclic) bond motifs is 1. The highest BCUT2D eigenvalue weighted by Crippen LogP contribution is 2.19. The number of oxime groups is 2. The van der Waals surface area contributed by atoms with Crippen molar-refractivity contribution >= 4 is 46.1 Å². The summed E-state index contributed by atoms with van der Waals surface area (Å²) in [5, 5.41) is 8.23. The van der Waals surface area contributed by atoms with Gasteiger partial charge in [-0.3, -0.25) is 19.3 Å². The van der Waals surface area contributed by atoms with Crippen LogP contribution in [0.15, 0.2) is 43.8 Å². The topological polar surface area (TPSA) is 148 Å². The second kappa shape index (κ2) is 16.6. The molecule has 3 heterocycles. The van der Waals surface area contributed by atoms with Crippen molar-refractivity contribution in [3.05, 3.63) is 45.8 Å². The fourth-order valence-corrected chi connectivity index (χ4v) is 5.28. The lowest BCUT2D eigenvalue weighted by Crippen LogP contribution is -2.35. The van der Waals surface area contributed by atoms with Crippen LogP contribution in [0.2, 0.25) is 0 Å². The highest BCUT2D eigenvalue weighted by Gasteiger charge is 2.24. The Kier molecular flexibility index (Phi) is 12.4. The fourth-order valence-electron chi connectivity index (χ4n) is 5.28. The molecule has 0 N–H and O–H groups in total. The number of hydrogen-bond acceptors (Lipinski definition) is 10. The molecule has 0 radical (unpaired) electrons. The second-order valence-electron chi connectivity index (χ2n) is 11.5. The maximum Gasteiger partial charge on any atom is 0.435 e. The molecule has 242 valence electrons. The van der Waals surface area contributed by atoms with Gasteiger partial charge in [0.1, 0.15) is 22.6 Å². The zero-order chi connectivity index (χ0) is 32.2. The van der Waals surface area contributed by atoms with Gasteiger partial charge in [0.2, 0.25) is 11.6 Å². The Hall–Kier alpha value is -4.35. The van der Waals surface area contributed by atoms with Crippen LogP contribution in [-0.2, 0) is 9.68 Å². The van der Waals surface area contributed by atoms with Crippen LogP contribution in [0.25, 0.3) is 11.0 Å². The molecule has 0 atom stereocenters. The fraction of sp³-hybridized carbons (Fsp3) is 0.545. The van der Waals surface area contributed by atoms with Gasteiger partial charge in [0, 0.05) is 37.1 Å². The first-order valence-electron chi connectivity index (χ1n) is 16.0. The van der Waals surface area contributed by atoms with Gasteiger partial charge in [-0.1, -0.05) is 49.1 Å². The van der Waals surface area contributed by atoms with E-state index in [0.717, 1.165) is 51.4 Å². The van der Waals surface area contributed by atoms with Crippen LogP contribution in [0.1, 0.15) is 112 Å². The molecule has 4 rings (SSSR count). The lowest BCUT2D eigenvalue weighted by Gasteiger charge is -2.24. The summed E-state index contributed by atoms with van der Waals surface area (Å²) in [5.41, 5.74) is -0.808. The molecule has 0 bridgehead atoms. The normalized spacial score (nSPS) is 16.0. The molecular formula is C33H42N4O8. The van der Waals surface area contributed by atoms with Crippen LogP contribution in [-0.4, -0.2) is 71.2 Å². The number of amides is 2. The van der Waals surface area contributed by atoms with Crippen molar-refractivity contribution in [2.24, 2.45) is 10.3 Å². The van der Waals surface area contributed by atoms with Crippen molar-refractivity contribution in [1.82, 2.24) is 9.80 Å². The van der Waals surface area contributed by atoms with E-state index in [4.69, 9.17) is 14.1 Å². The minimum absolute atomic E-state index is 0.0449. The number of carbonyl (C=O) groups excluding carboxylic acids is 4. The van der Waals surface area contributed by atoms with E-state index >= 15 is 0 Å². The summed E-state index contributed by atoms with van der Waals surface area (Å²) in [6.45, 7) is 6.25. The number of ketones is 2. The Balaban J connectivity index is 1.54. The third-order valence-electron chi connectivity index (χ3n) is 8.00. The first-order chi connectivity index (χ1) is 21.8. The number of rotatable bonds is 12. The SMILES string of the molecule is CCCC/C(=N/OC(=O)N1CCCCC1)C(=O)c1cc2ccc(C(=O)/C(CCCC)=N/OC(=O)N3CCCCC3)cc2oc1=O. The average molecular weight is 623 g/mol. The standard InChI is InChI=1S/C33H42N4O8/c1-3-5-13-26(34-44-32(41)36-17-9-7-10-18-36)29(38)24-16-15-23-21-25(31(40)43-28(23)22-24)30(39)27(14-6-4-2)35-45-33(42)37-19-11-8-12-20-37/h15-16,21-22H,3-14,17-20H2,1-2H3/b34-26+,35-27-. The Morgan fingerprint density at radius 1 is 0.733 bits per heavy atom. The van der Waals surface area contributed by atoms with Gasteiger partial charge in [0.05, 0.1) is 0 Å². The van der Waals surface area contributed by atoms with Crippen molar-refractivity contribution < 1.29 is 33.3 Å². The minimum Gasteiger partial charge on any atom is -0.422 e. The summed E-state index contributed by atoms with van der Waals surface area (Å²) >= 11 is 0. The zero-order valence-corrected chi connectivity index (χ0v) is 26.2. The van der Waals surface area contributed by atoms with Crippen LogP contribution in [0, 0.1) is 0 Å². The Bertz CT molecular complexity index is 1500. The molecule has 2 saturated heterocycles. The summed E-state index contributed by atoms with van der Waals surface area (Å²) in [7, 11) is 0. The summed E-state index contributed by atoms with van der Waals surface area (Å²) < 4.78 is 5.49. The number of nitrogens with zero attached hydrogens (tertiary/aromatic N) is 4. The van der Waals surface area contributed by atoms with Crippen LogP contribution in [0.3, 0.4) is 0 Å². The number of unbranched alkanes of at least 4 members (excludes halogenated alkanes) is 2. The van der Waals surface area contributed by atoms with Gasteiger partial charge in [-0.25, -0.2) is 14.4 Å². The molecule has 2 fully saturated rings. The smallest absolute Gasteiger partial charge is 0.422 e. The van der Waals surface area contributed by atoms with Crippen LogP contribution >= 0.6 is 0 Å². The molecule has 1 aromatic carbocycles. The molecule has 0 spiro atoms. The van der Waals surface area contributed by atoms with Crippen molar-refractivity contribution in [3.63, 3.8) is 0 Å². The molecule has 2 aliphatic rings. The highest BCUT2D eigenvalue weighted by atomic mass is 16.7. The molecule has 0 saturated carbocycles. The number of Topliss-reactive ketones (excluding diaryl/α,β-unsaturated/α-hetero) is 2. The molecule has 12 nitrogen and oxygen atoms in total. The first-order valence-corrected chi connectivity index (χ1v) is 16.0. The summed E-state index contributed by atoms with van der Waals surface area (Å²) in [4.78, 5) is 78.1. The second-order valence-corrected chi connectivity index (χ2v) is 11.5. The van der Waals surface area contributed by atoms with E-state index in [1.54, 1.807) is 21.9 Å². The molecule has 2 aromatic rings. The van der Waals surface area contributed by atoms with Gasteiger partial charge in [-0.05, 0) is 76.3 Å². The van der Waals surface area contributed by atoms with Gasteiger partial charge in [-0.15, -0.1) is 0 Å². The predicted molar refractivity (Wildman–Crippen MR) is 169 cm³/mol. The van der Waals surface area contributed by atoms with Crippen molar-refractivity contribution in [2.75, 3.05) is 26.2 Å². The number of hydrogen-bond donors (Lipinski definition) is 0. The van der Waals surface area contributed by atoms with E-state index in [1.807, 2.05) is 13.8 Å².